The molecule has 1 fully saturated rings. The number of sulfonamides is 1. The van der Waals surface area contributed by atoms with E-state index in [0.717, 1.165) is 13.1 Å². The van der Waals surface area contributed by atoms with Crippen molar-refractivity contribution in [2.24, 2.45) is 0 Å². The van der Waals surface area contributed by atoms with Crippen molar-refractivity contribution in [1.29, 1.82) is 0 Å². The van der Waals surface area contributed by atoms with E-state index >= 15 is 0 Å². The highest BCUT2D eigenvalue weighted by Crippen LogP contribution is 2.21. The van der Waals surface area contributed by atoms with Gasteiger partial charge in [0.2, 0.25) is 10.0 Å². The molecule has 0 aromatic carbocycles. The van der Waals surface area contributed by atoms with Crippen LogP contribution in [0.5, 0.6) is 0 Å². The summed E-state index contributed by atoms with van der Waals surface area (Å²) in [6.45, 7) is 8.91. The third-order valence-corrected chi connectivity index (χ3v) is 5.47. The first-order chi connectivity index (χ1) is 9.21. The van der Waals surface area contributed by atoms with Crippen molar-refractivity contribution < 1.29 is 8.42 Å². The molecular formula is C13H22N4O2S. The van der Waals surface area contributed by atoms with Gasteiger partial charge in [0.1, 0.15) is 10.7 Å². The monoisotopic (exact) mass is 298 g/mol. The normalized spacial score (nSPS) is 19.1. The van der Waals surface area contributed by atoms with Gasteiger partial charge in [0.25, 0.3) is 0 Å². The SMILES string of the molecule is CC(C)(C)N1CCN(S(=O)(=O)c2ccc(N)nc2)CC1. The molecule has 1 aromatic heterocycles. The number of hydrogen-bond donors (Lipinski definition) is 1. The average Bonchev–Trinajstić information content (AvgIpc) is 2.38. The molecule has 2 rings (SSSR count). The number of nitrogen functional groups attached to an aromatic ring is 1. The third kappa shape index (κ3) is 3.11. The molecule has 0 aliphatic carbocycles. The minimum Gasteiger partial charge on any atom is -0.384 e. The van der Waals surface area contributed by atoms with Crippen molar-refractivity contribution in [3.63, 3.8) is 0 Å². The lowest BCUT2D eigenvalue weighted by Crippen LogP contribution is -2.54. The van der Waals surface area contributed by atoms with Crippen LogP contribution in [-0.4, -0.2) is 54.3 Å². The lowest BCUT2D eigenvalue weighted by Gasteiger charge is -2.41. The zero-order valence-electron chi connectivity index (χ0n) is 12.2. The van der Waals surface area contributed by atoms with Gasteiger partial charge in [0, 0.05) is 37.9 Å². The smallest absolute Gasteiger partial charge is 0.244 e. The van der Waals surface area contributed by atoms with Crippen LogP contribution in [0.25, 0.3) is 0 Å². The standard InChI is InChI=1S/C13H22N4O2S/c1-13(2,3)16-6-8-17(9-7-16)20(18,19)11-4-5-12(14)15-10-11/h4-5,10H,6-9H2,1-3H3,(H2,14,15). The van der Waals surface area contributed by atoms with Crippen molar-refractivity contribution in [3.8, 4) is 0 Å². The zero-order chi connectivity index (χ0) is 15.0. The Morgan fingerprint density at radius 1 is 1.15 bits per heavy atom. The second-order valence-corrected chi connectivity index (χ2v) is 7.92. The van der Waals surface area contributed by atoms with Gasteiger partial charge in [0.15, 0.2) is 0 Å². The van der Waals surface area contributed by atoms with E-state index in [4.69, 9.17) is 5.73 Å². The molecule has 1 aliphatic rings. The molecule has 112 valence electrons. The summed E-state index contributed by atoms with van der Waals surface area (Å²) in [6.07, 6.45) is 1.32. The Morgan fingerprint density at radius 2 is 1.75 bits per heavy atom. The fourth-order valence-corrected chi connectivity index (χ4v) is 3.66. The third-order valence-electron chi connectivity index (χ3n) is 3.58. The molecule has 2 heterocycles. The van der Waals surface area contributed by atoms with Gasteiger partial charge in [-0.3, -0.25) is 4.90 Å². The maximum Gasteiger partial charge on any atom is 0.244 e. The number of piperazine rings is 1. The number of pyridine rings is 1. The molecule has 0 spiro atoms. The predicted octanol–water partition coefficient (Wildman–Crippen LogP) is 0.769. The number of nitrogens with zero attached hydrogens (tertiary/aromatic N) is 3. The fraction of sp³-hybridized carbons (Fsp3) is 0.615. The average molecular weight is 298 g/mol. The molecule has 0 unspecified atom stereocenters. The molecule has 0 saturated carbocycles. The van der Waals surface area contributed by atoms with Gasteiger partial charge in [0.05, 0.1) is 0 Å². The number of anilines is 1. The molecule has 1 saturated heterocycles. The van der Waals surface area contributed by atoms with Crippen molar-refractivity contribution in [1.82, 2.24) is 14.2 Å². The van der Waals surface area contributed by atoms with Crippen LogP contribution in [0.2, 0.25) is 0 Å². The Morgan fingerprint density at radius 3 is 2.20 bits per heavy atom. The Bertz CT molecular complexity index is 555. The van der Waals surface area contributed by atoms with E-state index in [-0.39, 0.29) is 10.4 Å². The van der Waals surface area contributed by atoms with E-state index in [9.17, 15) is 8.42 Å². The van der Waals surface area contributed by atoms with E-state index in [1.165, 1.54) is 22.6 Å². The van der Waals surface area contributed by atoms with Crippen LogP contribution in [0.3, 0.4) is 0 Å². The Kier molecular flexibility index (Phi) is 4.04. The van der Waals surface area contributed by atoms with Crippen LogP contribution < -0.4 is 5.73 Å². The fourth-order valence-electron chi connectivity index (χ4n) is 2.29. The first-order valence-corrected chi connectivity index (χ1v) is 8.12. The number of rotatable bonds is 2. The minimum absolute atomic E-state index is 0.0681. The Labute approximate surface area is 120 Å². The van der Waals surface area contributed by atoms with Crippen molar-refractivity contribution in [2.45, 2.75) is 31.2 Å². The highest BCUT2D eigenvalue weighted by Gasteiger charge is 2.32. The van der Waals surface area contributed by atoms with E-state index in [1.807, 2.05) is 0 Å². The molecule has 6 nitrogen and oxygen atoms in total. The minimum atomic E-state index is -3.46. The van der Waals surface area contributed by atoms with Crippen molar-refractivity contribution >= 4 is 15.8 Å². The van der Waals surface area contributed by atoms with E-state index in [1.54, 1.807) is 0 Å². The van der Waals surface area contributed by atoms with Gasteiger partial charge in [-0.15, -0.1) is 0 Å². The number of aromatic nitrogens is 1. The van der Waals surface area contributed by atoms with Crippen molar-refractivity contribution in [3.05, 3.63) is 18.3 Å². The van der Waals surface area contributed by atoms with Crippen LogP contribution in [0.15, 0.2) is 23.2 Å². The van der Waals surface area contributed by atoms with Crippen LogP contribution in [0.1, 0.15) is 20.8 Å². The van der Waals surface area contributed by atoms with Crippen LogP contribution >= 0.6 is 0 Å². The highest BCUT2D eigenvalue weighted by atomic mass is 32.2. The van der Waals surface area contributed by atoms with Gasteiger partial charge in [-0.25, -0.2) is 13.4 Å². The van der Waals surface area contributed by atoms with Gasteiger partial charge >= 0.3 is 0 Å². The molecule has 20 heavy (non-hydrogen) atoms. The van der Waals surface area contributed by atoms with Crippen LogP contribution in [-0.2, 0) is 10.0 Å². The molecule has 2 N–H and O–H groups in total. The largest absolute Gasteiger partial charge is 0.384 e. The lowest BCUT2D eigenvalue weighted by atomic mass is 10.1. The second kappa shape index (κ2) is 5.31. The summed E-state index contributed by atoms with van der Waals surface area (Å²) in [7, 11) is -3.46. The summed E-state index contributed by atoms with van der Waals surface area (Å²) in [6, 6.07) is 3.02. The summed E-state index contributed by atoms with van der Waals surface area (Å²) in [5.41, 5.74) is 5.56. The maximum absolute atomic E-state index is 12.5. The zero-order valence-corrected chi connectivity index (χ0v) is 13.0. The molecule has 1 aromatic rings. The Balaban J connectivity index is 2.11. The van der Waals surface area contributed by atoms with E-state index in [0.29, 0.717) is 18.9 Å². The molecule has 0 bridgehead atoms. The lowest BCUT2D eigenvalue weighted by molar-refractivity contribution is 0.0922. The molecule has 0 amide bonds. The molecule has 7 heteroatoms. The van der Waals surface area contributed by atoms with Crippen LogP contribution in [0.4, 0.5) is 5.82 Å². The molecule has 0 atom stereocenters. The summed E-state index contributed by atoms with van der Waals surface area (Å²) in [5.74, 6) is 0.321. The summed E-state index contributed by atoms with van der Waals surface area (Å²) >= 11 is 0. The topological polar surface area (TPSA) is 79.5 Å². The van der Waals surface area contributed by atoms with E-state index < -0.39 is 10.0 Å². The molecular weight excluding hydrogens is 276 g/mol. The summed E-state index contributed by atoms with van der Waals surface area (Å²) < 4.78 is 26.5. The van der Waals surface area contributed by atoms with Gasteiger partial charge < -0.3 is 5.73 Å². The first-order valence-electron chi connectivity index (χ1n) is 6.68. The van der Waals surface area contributed by atoms with Gasteiger partial charge in [-0.1, -0.05) is 0 Å². The van der Waals surface area contributed by atoms with Crippen LogP contribution in [0, 0.1) is 0 Å². The molecule has 1 aliphatic heterocycles. The highest BCUT2D eigenvalue weighted by molar-refractivity contribution is 7.89. The van der Waals surface area contributed by atoms with Crippen molar-refractivity contribution in [2.75, 3.05) is 31.9 Å². The van der Waals surface area contributed by atoms with Gasteiger partial charge in [-0.2, -0.15) is 4.31 Å². The first kappa shape index (κ1) is 15.2. The second-order valence-electron chi connectivity index (χ2n) is 5.98. The summed E-state index contributed by atoms with van der Waals surface area (Å²) in [4.78, 5) is 6.35. The quantitative estimate of drug-likeness (QED) is 0.872. The molecule has 0 radical (unpaired) electrons. The summed E-state index contributed by atoms with van der Waals surface area (Å²) in [5, 5.41) is 0. The predicted molar refractivity (Wildman–Crippen MR) is 78.7 cm³/mol. The Hall–Kier alpha value is -1.18. The maximum atomic E-state index is 12.5. The van der Waals surface area contributed by atoms with Gasteiger partial charge in [-0.05, 0) is 32.9 Å². The number of hydrogen-bond acceptors (Lipinski definition) is 5. The van der Waals surface area contributed by atoms with E-state index in [2.05, 4.69) is 30.7 Å². The number of nitrogens with two attached hydrogens (primary N) is 1.